The lowest BCUT2D eigenvalue weighted by atomic mass is 10.0. The van der Waals surface area contributed by atoms with Gasteiger partial charge in [0.2, 0.25) is 0 Å². The maximum Gasteiger partial charge on any atom is 0.105 e. The maximum atomic E-state index is 11.2. The highest BCUT2D eigenvalue weighted by Gasteiger charge is 2.30. The zero-order valence-corrected chi connectivity index (χ0v) is 18.7. The summed E-state index contributed by atoms with van der Waals surface area (Å²) in [4.78, 5) is 11.2. The Bertz CT molecular complexity index is 350. The fourth-order valence-electron chi connectivity index (χ4n) is 3.93. The lowest BCUT2D eigenvalue weighted by molar-refractivity contribution is -0.931. The summed E-state index contributed by atoms with van der Waals surface area (Å²) in [7, 11) is 0. The highest BCUT2D eigenvalue weighted by molar-refractivity contribution is 5.66. The monoisotopic (exact) mass is 385 g/mol. The van der Waals surface area contributed by atoms with E-state index in [0.29, 0.717) is 6.42 Å². The fourth-order valence-corrected chi connectivity index (χ4v) is 3.93. The van der Waals surface area contributed by atoms with Crippen LogP contribution in [0.1, 0.15) is 105 Å². The van der Waals surface area contributed by atoms with Crippen LogP contribution >= 0.6 is 0 Å². The third-order valence-corrected chi connectivity index (χ3v) is 5.90. The minimum Gasteiger partial charge on any atom is -0.550 e. The van der Waals surface area contributed by atoms with Gasteiger partial charge in [-0.25, -0.2) is 0 Å². The van der Waals surface area contributed by atoms with Crippen molar-refractivity contribution in [3.63, 3.8) is 0 Å². The molecule has 0 saturated carbocycles. The number of hydrogen-bond donors (Lipinski definition) is 1. The van der Waals surface area contributed by atoms with E-state index in [4.69, 9.17) is 0 Å². The maximum absolute atomic E-state index is 11.2. The van der Waals surface area contributed by atoms with Crippen LogP contribution in [-0.2, 0) is 4.79 Å². The second kappa shape index (κ2) is 16.4. The summed E-state index contributed by atoms with van der Waals surface area (Å²) >= 11 is 0. The number of aliphatic hydroxyl groups excluding tert-OH is 1. The predicted octanol–water partition coefficient (Wildman–Crippen LogP) is 4.29. The van der Waals surface area contributed by atoms with Gasteiger partial charge in [0.05, 0.1) is 19.6 Å². The van der Waals surface area contributed by atoms with Crippen molar-refractivity contribution >= 4 is 5.97 Å². The average molecular weight is 386 g/mol. The van der Waals surface area contributed by atoms with Crippen molar-refractivity contribution < 1.29 is 19.5 Å². The molecule has 0 aliphatic rings. The molecule has 0 heterocycles. The van der Waals surface area contributed by atoms with Crippen molar-refractivity contribution in [2.75, 3.05) is 26.2 Å². The number of hydrogen-bond acceptors (Lipinski definition) is 3. The Morgan fingerprint density at radius 3 is 1.81 bits per heavy atom. The molecule has 0 aromatic carbocycles. The molecule has 0 aromatic heterocycles. The van der Waals surface area contributed by atoms with Crippen LogP contribution < -0.4 is 5.11 Å². The number of quaternary nitrogens is 1. The fraction of sp³-hybridized carbons (Fsp3) is 0.957. The molecule has 2 unspecified atom stereocenters. The minimum absolute atomic E-state index is 0.275. The number of carbonyl (C=O) groups excluding carboxylic acids is 1. The molecular weight excluding hydrogens is 338 g/mol. The predicted molar refractivity (Wildman–Crippen MR) is 112 cm³/mol. The number of aliphatic carboxylic acids is 1. The van der Waals surface area contributed by atoms with Crippen molar-refractivity contribution in [1.82, 2.24) is 0 Å². The first kappa shape index (κ1) is 26.4. The van der Waals surface area contributed by atoms with Gasteiger partial charge in [0.15, 0.2) is 0 Å². The first-order chi connectivity index (χ1) is 12.9. The van der Waals surface area contributed by atoms with Gasteiger partial charge in [0, 0.05) is 18.3 Å². The van der Waals surface area contributed by atoms with Crippen LogP contribution in [0.5, 0.6) is 0 Å². The Balaban J connectivity index is 4.99. The summed E-state index contributed by atoms with van der Waals surface area (Å²) in [6.45, 7) is 12.1. The molecule has 0 rings (SSSR count). The van der Waals surface area contributed by atoms with Gasteiger partial charge in [0.25, 0.3) is 0 Å². The molecule has 4 nitrogen and oxygen atoms in total. The molecule has 0 aliphatic carbocycles. The van der Waals surface area contributed by atoms with E-state index in [1.807, 2.05) is 0 Å². The molecule has 2 atom stereocenters. The molecule has 4 heteroatoms. The normalized spacial score (nSPS) is 14.3. The summed E-state index contributed by atoms with van der Waals surface area (Å²) in [5, 5.41) is 21.9. The zero-order valence-electron chi connectivity index (χ0n) is 18.7. The van der Waals surface area contributed by atoms with E-state index < -0.39 is 11.9 Å². The second-order valence-corrected chi connectivity index (χ2v) is 8.62. The van der Waals surface area contributed by atoms with Crippen LogP contribution in [0, 0.1) is 5.92 Å². The standard InChI is InChI=1S/C23H47NO3/c1-5-8-11-12-15-22(25)20-24(17-13-9-6-2,18-14-10-7-3)19-16-21(4)23(26)27/h21-22,25H,5-20H2,1-4H3. The molecule has 0 aromatic rings. The van der Waals surface area contributed by atoms with Gasteiger partial charge in [-0.1, -0.05) is 66.2 Å². The number of nitrogens with zero attached hydrogens (tertiary/aromatic N) is 1. The van der Waals surface area contributed by atoms with Crippen LogP contribution in [0.15, 0.2) is 0 Å². The molecule has 0 fully saturated rings. The topological polar surface area (TPSA) is 60.4 Å². The summed E-state index contributed by atoms with van der Waals surface area (Å²) < 4.78 is 0.882. The van der Waals surface area contributed by atoms with Crippen molar-refractivity contribution in [2.45, 2.75) is 111 Å². The third-order valence-electron chi connectivity index (χ3n) is 5.90. The smallest absolute Gasteiger partial charge is 0.105 e. The van der Waals surface area contributed by atoms with Gasteiger partial charge in [0.1, 0.15) is 12.6 Å². The Morgan fingerprint density at radius 1 is 0.815 bits per heavy atom. The van der Waals surface area contributed by atoms with Crippen LogP contribution in [0.3, 0.4) is 0 Å². The third kappa shape index (κ3) is 13.2. The number of unbranched alkanes of at least 4 members (excludes halogenated alkanes) is 7. The van der Waals surface area contributed by atoms with E-state index in [1.165, 1.54) is 44.9 Å². The highest BCUT2D eigenvalue weighted by atomic mass is 16.4. The Labute approximate surface area is 168 Å². The molecule has 1 N–H and O–H groups in total. The number of carboxylic acids is 1. The minimum atomic E-state index is -0.949. The van der Waals surface area contributed by atoms with E-state index in [2.05, 4.69) is 20.8 Å². The van der Waals surface area contributed by atoms with Gasteiger partial charge >= 0.3 is 0 Å². The summed E-state index contributed by atoms with van der Waals surface area (Å²) in [5.74, 6) is -1.36. The van der Waals surface area contributed by atoms with Crippen molar-refractivity contribution in [3.05, 3.63) is 0 Å². The molecule has 0 aliphatic heterocycles. The van der Waals surface area contributed by atoms with E-state index in [9.17, 15) is 15.0 Å². The van der Waals surface area contributed by atoms with Crippen molar-refractivity contribution in [1.29, 1.82) is 0 Å². The van der Waals surface area contributed by atoms with Crippen LogP contribution in [0.2, 0.25) is 0 Å². The van der Waals surface area contributed by atoms with Crippen molar-refractivity contribution in [3.8, 4) is 0 Å². The van der Waals surface area contributed by atoms with Gasteiger partial charge in [-0.15, -0.1) is 0 Å². The molecular formula is C23H47NO3. The van der Waals surface area contributed by atoms with E-state index >= 15 is 0 Å². The lowest BCUT2D eigenvalue weighted by Crippen LogP contribution is -2.54. The molecule has 27 heavy (non-hydrogen) atoms. The quantitative estimate of drug-likeness (QED) is 0.266. The first-order valence-corrected chi connectivity index (χ1v) is 11.6. The number of carboxylic acid groups (broad SMARTS) is 1. The first-order valence-electron chi connectivity index (χ1n) is 11.6. The molecule has 0 saturated heterocycles. The number of rotatable bonds is 19. The lowest BCUT2D eigenvalue weighted by Gasteiger charge is -2.41. The van der Waals surface area contributed by atoms with Crippen molar-refractivity contribution in [2.24, 2.45) is 5.92 Å². The Hall–Kier alpha value is -0.610. The molecule has 162 valence electrons. The summed E-state index contributed by atoms with van der Waals surface area (Å²) in [6, 6.07) is 0. The molecule has 0 spiro atoms. The van der Waals surface area contributed by atoms with Crippen LogP contribution in [-0.4, -0.2) is 47.8 Å². The SMILES string of the molecule is CCCCCCC(O)C[N+](CCCCC)(CCCCC)CCC(C)C(=O)[O-]. The van der Waals surface area contributed by atoms with Crippen LogP contribution in [0.4, 0.5) is 0 Å². The summed E-state index contributed by atoms with van der Waals surface area (Å²) in [6.07, 6.45) is 13.1. The molecule has 0 amide bonds. The van der Waals surface area contributed by atoms with Gasteiger partial charge < -0.3 is 19.5 Å². The Morgan fingerprint density at radius 2 is 1.33 bits per heavy atom. The van der Waals surface area contributed by atoms with Crippen LogP contribution in [0.25, 0.3) is 0 Å². The highest BCUT2D eigenvalue weighted by Crippen LogP contribution is 2.20. The number of carbonyl (C=O) groups is 1. The average Bonchev–Trinajstić information content (AvgIpc) is 2.63. The largest absolute Gasteiger partial charge is 0.550 e. The number of aliphatic hydroxyl groups is 1. The molecule has 0 radical (unpaired) electrons. The van der Waals surface area contributed by atoms with E-state index in [0.717, 1.165) is 56.3 Å². The molecule has 0 bridgehead atoms. The van der Waals surface area contributed by atoms with Gasteiger partial charge in [-0.3, -0.25) is 0 Å². The van der Waals surface area contributed by atoms with E-state index in [1.54, 1.807) is 6.92 Å². The zero-order chi connectivity index (χ0) is 20.5. The van der Waals surface area contributed by atoms with E-state index in [-0.39, 0.29) is 6.10 Å². The van der Waals surface area contributed by atoms with Gasteiger partial charge in [-0.2, -0.15) is 0 Å². The summed E-state index contributed by atoms with van der Waals surface area (Å²) in [5.41, 5.74) is 0. The van der Waals surface area contributed by atoms with Gasteiger partial charge in [-0.05, 0) is 32.1 Å². The second-order valence-electron chi connectivity index (χ2n) is 8.62. The Kier molecular flexibility index (Phi) is 16.0.